The van der Waals surface area contributed by atoms with Gasteiger partial charge in [0.15, 0.2) is 5.11 Å². The lowest BCUT2D eigenvalue weighted by Crippen LogP contribution is -2.28. The second-order valence-corrected chi connectivity index (χ2v) is 3.74. The zero-order chi connectivity index (χ0) is 12.8. The first-order chi connectivity index (χ1) is 8.06. The van der Waals surface area contributed by atoms with E-state index < -0.39 is 4.92 Å². The van der Waals surface area contributed by atoms with Crippen molar-refractivity contribution < 1.29 is 4.92 Å². The predicted octanol–water partition coefficient (Wildman–Crippen LogP) is 2.38. The Morgan fingerprint density at radius 1 is 1.65 bits per heavy atom. The summed E-state index contributed by atoms with van der Waals surface area (Å²) < 4.78 is 0. The van der Waals surface area contributed by atoms with Crippen LogP contribution >= 0.6 is 12.2 Å². The van der Waals surface area contributed by atoms with Gasteiger partial charge in [-0.3, -0.25) is 10.1 Å². The Kier molecular flexibility index (Phi) is 4.59. The Balaban J connectivity index is 2.85. The van der Waals surface area contributed by atoms with Crippen LogP contribution in [-0.2, 0) is 0 Å². The number of benzene rings is 1. The van der Waals surface area contributed by atoms with Gasteiger partial charge in [0.25, 0.3) is 5.69 Å². The molecular formula is C11H13N3O2S. The van der Waals surface area contributed by atoms with Gasteiger partial charge in [-0.25, -0.2) is 0 Å². The molecule has 90 valence electrons. The highest BCUT2D eigenvalue weighted by atomic mass is 32.1. The molecular weight excluding hydrogens is 238 g/mol. The number of nitro groups is 1. The molecule has 0 saturated heterocycles. The lowest BCUT2D eigenvalue weighted by molar-refractivity contribution is -0.385. The fourth-order valence-electron chi connectivity index (χ4n) is 1.29. The Morgan fingerprint density at radius 3 is 2.94 bits per heavy atom. The summed E-state index contributed by atoms with van der Waals surface area (Å²) in [4.78, 5) is 10.3. The average molecular weight is 251 g/mol. The molecule has 0 saturated carbocycles. The Labute approximate surface area is 105 Å². The molecule has 0 atom stereocenters. The molecule has 0 radical (unpaired) electrons. The maximum atomic E-state index is 10.7. The normalized spacial score (nSPS) is 9.47. The summed E-state index contributed by atoms with van der Waals surface area (Å²) in [6.45, 7) is 5.77. The molecule has 0 aliphatic rings. The molecule has 0 aromatic heterocycles. The van der Waals surface area contributed by atoms with E-state index in [0.717, 1.165) is 0 Å². The Morgan fingerprint density at radius 2 is 2.35 bits per heavy atom. The van der Waals surface area contributed by atoms with E-state index in [1.165, 1.54) is 6.07 Å². The van der Waals surface area contributed by atoms with Crippen molar-refractivity contribution in [1.82, 2.24) is 5.32 Å². The largest absolute Gasteiger partial charge is 0.359 e. The van der Waals surface area contributed by atoms with E-state index in [4.69, 9.17) is 12.2 Å². The number of nitrogens with one attached hydrogen (secondary N) is 2. The van der Waals surface area contributed by atoms with Gasteiger partial charge in [-0.1, -0.05) is 12.1 Å². The van der Waals surface area contributed by atoms with Gasteiger partial charge in [-0.15, -0.1) is 6.58 Å². The van der Waals surface area contributed by atoms with E-state index in [9.17, 15) is 10.1 Å². The van der Waals surface area contributed by atoms with Gasteiger partial charge in [0.05, 0.1) is 10.5 Å². The summed E-state index contributed by atoms with van der Waals surface area (Å²) in [5, 5.41) is 17.0. The molecule has 0 fully saturated rings. The fourth-order valence-corrected chi connectivity index (χ4v) is 1.48. The standard InChI is InChI=1S/C11H13N3O2S/c1-3-7-12-11(17)13-9-5-4-6-10(8(9)2)14(15)16/h3-6H,1,7H2,2H3,(H2,12,13,17). The molecule has 0 amide bonds. The molecule has 0 heterocycles. The number of anilines is 1. The number of hydrogen-bond donors (Lipinski definition) is 2. The summed E-state index contributed by atoms with van der Waals surface area (Å²) in [7, 11) is 0. The van der Waals surface area contributed by atoms with Gasteiger partial charge in [-0.2, -0.15) is 0 Å². The van der Waals surface area contributed by atoms with Crippen LogP contribution < -0.4 is 10.6 Å². The minimum Gasteiger partial charge on any atom is -0.359 e. The van der Waals surface area contributed by atoms with Gasteiger partial charge in [-0.05, 0) is 25.2 Å². The smallest absolute Gasteiger partial charge is 0.274 e. The van der Waals surface area contributed by atoms with Crippen molar-refractivity contribution in [2.45, 2.75) is 6.92 Å². The molecule has 0 aliphatic heterocycles. The highest BCUT2D eigenvalue weighted by Gasteiger charge is 2.13. The molecule has 1 aromatic carbocycles. The van der Waals surface area contributed by atoms with Gasteiger partial charge in [0.2, 0.25) is 0 Å². The molecule has 0 unspecified atom stereocenters. The number of nitrogens with zero attached hydrogens (tertiary/aromatic N) is 1. The van der Waals surface area contributed by atoms with Gasteiger partial charge >= 0.3 is 0 Å². The van der Waals surface area contributed by atoms with Crippen LogP contribution in [0.15, 0.2) is 30.9 Å². The van der Waals surface area contributed by atoms with Crippen LogP contribution in [0.3, 0.4) is 0 Å². The van der Waals surface area contributed by atoms with E-state index >= 15 is 0 Å². The van der Waals surface area contributed by atoms with E-state index in [-0.39, 0.29) is 5.69 Å². The van der Waals surface area contributed by atoms with E-state index in [2.05, 4.69) is 17.2 Å². The lowest BCUT2D eigenvalue weighted by atomic mass is 10.1. The fraction of sp³-hybridized carbons (Fsp3) is 0.182. The third-order valence-electron chi connectivity index (χ3n) is 2.16. The number of thiocarbonyl (C=S) groups is 1. The predicted molar refractivity (Wildman–Crippen MR) is 72.3 cm³/mol. The molecule has 0 spiro atoms. The van der Waals surface area contributed by atoms with Crippen LogP contribution in [0.1, 0.15) is 5.56 Å². The molecule has 1 aromatic rings. The van der Waals surface area contributed by atoms with Crippen LogP contribution in [0.2, 0.25) is 0 Å². The quantitative estimate of drug-likeness (QED) is 0.372. The van der Waals surface area contributed by atoms with E-state index in [0.29, 0.717) is 22.9 Å². The molecule has 5 nitrogen and oxygen atoms in total. The lowest BCUT2D eigenvalue weighted by Gasteiger charge is -2.11. The topological polar surface area (TPSA) is 67.2 Å². The van der Waals surface area contributed by atoms with Crippen LogP contribution in [0.5, 0.6) is 0 Å². The molecule has 17 heavy (non-hydrogen) atoms. The summed E-state index contributed by atoms with van der Waals surface area (Å²) >= 11 is 5.03. The van der Waals surface area contributed by atoms with Crippen LogP contribution in [0.25, 0.3) is 0 Å². The molecule has 2 N–H and O–H groups in total. The second-order valence-electron chi connectivity index (χ2n) is 3.33. The van der Waals surface area contributed by atoms with Crippen LogP contribution in [-0.4, -0.2) is 16.6 Å². The summed E-state index contributed by atoms with van der Waals surface area (Å²) in [6, 6.07) is 4.81. The Bertz CT molecular complexity index is 460. The minimum absolute atomic E-state index is 0.0709. The molecule has 6 heteroatoms. The minimum atomic E-state index is -0.416. The number of rotatable bonds is 4. The number of hydrogen-bond acceptors (Lipinski definition) is 3. The van der Waals surface area contributed by atoms with Crippen molar-refractivity contribution >= 4 is 28.7 Å². The van der Waals surface area contributed by atoms with Gasteiger partial charge in [0, 0.05) is 18.3 Å². The monoisotopic (exact) mass is 251 g/mol. The molecule has 0 aliphatic carbocycles. The highest BCUT2D eigenvalue weighted by Crippen LogP contribution is 2.24. The zero-order valence-electron chi connectivity index (χ0n) is 9.40. The Hall–Kier alpha value is -1.95. The van der Waals surface area contributed by atoms with Crippen molar-refractivity contribution in [3.63, 3.8) is 0 Å². The SMILES string of the molecule is C=CCNC(=S)Nc1cccc([N+](=O)[O-])c1C. The summed E-state index contributed by atoms with van der Waals surface area (Å²) in [6.07, 6.45) is 1.67. The van der Waals surface area contributed by atoms with Crippen molar-refractivity contribution in [1.29, 1.82) is 0 Å². The average Bonchev–Trinajstić information content (AvgIpc) is 2.28. The molecule has 1 rings (SSSR count). The van der Waals surface area contributed by atoms with Crippen molar-refractivity contribution in [3.8, 4) is 0 Å². The van der Waals surface area contributed by atoms with Gasteiger partial charge < -0.3 is 10.6 Å². The van der Waals surface area contributed by atoms with Crippen molar-refractivity contribution in [2.75, 3.05) is 11.9 Å². The van der Waals surface area contributed by atoms with Gasteiger partial charge in [0.1, 0.15) is 0 Å². The summed E-state index contributed by atoms with van der Waals surface area (Å²) in [5.41, 5.74) is 1.25. The zero-order valence-corrected chi connectivity index (χ0v) is 10.2. The maximum Gasteiger partial charge on any atom is 0.274 e. The first kappa shape index (κ1) is 13.1. The second kappa shape index (κ2) is 5.95. The van der Waals surface area contributed by atoms with E-state index in [1.54, 1.807) is 25.1 Å². The number of nitro benzene ring substituents is 1. The van der Waals surface area contributed by atoms with Crippen LogP contribution in [0, 0.1) is 17.0 Å². The highest BCUT2D eigenvalue weighted by molar-refractivity contribution is 7.80. The third-order valence-corrected chi connectivity index (χ3v) is 2.40. The third kappa shape index (κ3) is 3.53. The van der Waals surface area contributed by atoms with E-state index in [1.807, 2.05) is 0 Å². The first-order valence-corrected chi connectivity index (χ1v) is 5.37. The summed E-state index contributed by atoms with van der Waals surface area (Å²) in [5.74, 6) is 0. The molecule has 0 bridgehead atoms. The maximum absolute atomic E-state index is 10.7. The van der Waals surface area contributed by atoms with Crippen LogP contribution in [0.4, 0.5) is 11.4 Å². The van der Waals surface area contributed by atoms with Crippen molar-refractivity contribution in [3.05, 3.63) is 46.5 Å². The van der Waals surface area contributed by atoms with Crippen molar-refractivity contribution in [2.24, 2.45) is 0 Å². The first-order valence-electron chi connectivity index (χ1n) is 4.96.